The SMILES string of the molecule is COc1ccc(C(=O)N2CCN(C)CC2)cc1NCc1c[nH]c2nccnc12. The molecule has 0 spiro atoms. The van der Waals surface area contributed by atoms with E-state index in [0.717, 1.165) is 48.6 Å². The Morgan fingerprint density at radius 3 is 2.79 bits per heavy atom. The average molecular weight is 380 g/mol. The van der Waals surface area contributed by atoms with Gasteiger partial charge in [-0.1, -0.05) is 0 Å². The molecule has 0 aliphatic carbocycles. The number of nitrogens with one attached hydrogen (secondary N) is 2. The number of carbonyl (C=O) groups is 1. The average Bonchev–Trinajstić information content (AvgIpc) is 3.15. The Kier molecular flexibility index (Phi) is 5.12. The molecule has 1 fully saturated rings. The topological polar surface area (TPSA) is 86.4 Å². The number of piperazine rings is 1. The molecule has 1 aliphatic heterocycles. The molecule has 0 atom stereocenters. The van der Waals surface area contributed by atoms with Gasteiger partial charge in [0.1, 0.15) is 11.3 Å². The van der Waals surface area contributed by atoms with Crippen LogP contribution in [0, 0.1) is 0 Å². The van der Waals surface area contributed by atoms with Gasteiger partial charge in [0.2, 0.25) is 0 Å². The van der Waals surface area contributed by atoms with E-state index >= 15 is 0 Å². The molecule has 1 aromatic carbocycles. The highest BCUT2D eigenvalue weighted by Crippen LogP contribution is 2.27. The fourth-order valence-electron chi connectivity index (χ4n) is 3.40. The number of hydrogen-bond donors (Lipinski definition) is 2. The number of nitrogens with zero attached hydrogens (tertiary/aromatic N) is 4. The van der Waals surface area contributed by atoms with Gasteiger partial charge in [-0.25, -0.2) is 4.98 Å². The molecule has 0 bridgehead atoms. The molecule has 3 heterocycles. The largest absolute Gasteiger partial charge is 0.495 e. The molecule has 3 aromatic rings. The summed E-state index contributed by atoms with van der Waals surface area (Å²) in [6, 6.07) is 5.52. The van der Waals surface area contributed by atoms with Crippen LogP contribution in [-0.4, -0.2) is 71.0 Å². The predicted octanol–water partition coefficient (Wildman–Crippen LogP) is 1.97. The maximum absolute atomic E-state index is 12.9. The number of carbonyl (C=O) groups excluding carboxylic acids is 1. The van der Waals surface area contributed by atoms with E-state index < -0.39 is 0 Å². The van der Waals surface area contributed by atoms with Crippen LogP contribution in [0.3, 0.4) is 0 Å². The molecule has 0 radical (unpaired) electrons. The van der Waals surface area contributed by atoms with E-state index in [0.29, 0.717) is 17.9 Å². The van der Waals surface area contributed by atoms with E-state index in [2.05, 4.69) is 32.2 Å². The summed E-state index contributed by atoms with van der Waals surface area (Å²) in [5.74, 6) is 0.748. The lowest BCUT2D eigenvalue weighted by molar-refractivity contribution is 0.0664. The zero-order valence-corrected chi connectivity index (χ0v) is 16.1. The lowest BCUT2D eigenvalue weighted by Crippen LogP contribution is -2.47. The third kappa shape index (κ3) is 3.63. The number of hydrogen-bond acceptors (Lipinski definition) is 6. The number of methoxy groups -OCH3 is 1. The highest BCUT2D eigenvalue weighted by atomic mass is 16.5. The van der Waals surface area contributed by atoms with E-state index in [1.807, 2.05) is 29.3 Å². The molecule has 2 N–H and O–H groups in total. The third-order valence-electron chi connectivity index (χ3n) is 5.09. The number of benzene rings is 1. The van der Waals surface area contributed by atoms with Crippen LogP contribution in [0.4, 0.5) is 5.69 Å². The summed E-state index contributed by atoms with van der Waals surface area (Å²) in [5, 5.41) is 3.37. The first-order valence-corrected chi connectivity index (χ1v) is 9.32. The first kappa shape index (κ1) is 18.2. The highest BCUT2D eigenvalue weighted by molar-refractivity contribution is 5.95. The quantitative estimate of drug-likeness (QED) is 0.704. The third-order valence-corrected chi connectivity index (χ3v) is 5.09. The van der Waals surface area contributed by atoms with Crippen LogP contribution in [-0.2, 0) is 6.54 Å². The maximum Gasteiger partial charge on any atom is 0.254 e. The van der Waals surface area contributed by atoms with Gasteiger partial charge in [0.05, 0.1) is 12.8 Å². The Morgan fingerprint density at radius 1 is 1.21 bits per heavy atom. The number of ether oxygens (including phenoxy) is 1. The van der Waals surface area contributed by atoms with E-state index in [4.69, 9.17) is 4.74 Å². The fourth-order valence-corrected chi connectivity index (χ4v) is 3.40. The van der Waals surface area contributed by atoms with Crippen molar-refractivity contribution in [3.63, 3.8) is 0 Å². The van der Waals surface area contributed by atoms with Gasteiger partial charge >= 0.3 is 0 Å². The number of H-pyrrole nitrogens is 1. The molecule has 8 heteroatoms. The monoisotopic (exact) mass is 380 g/mol. The predicted molar refractivity (Wildman–Crippen MR) is 108 cm³/mol. The maximum atomic E-state index is 12.9. The number of rotatable bonds is 5. The van der Waals surface area contributed by atoms with Gasteiger partial charge in [-0.3, -0.25) is 9.78 Å². The number of fused-ring (bicyclic) bond motifs is 1. The normalized spacial score (nSPS) is 15.0. The van der Waals surface area contributed by atoms with Gasteiger partial charge in [0.25, 0.3) is 5.91 Å². The zero-order chi connectivity index (χ0) is 19.5. The molecule has 0 saturated carbocycles. The van der Waals surface area contributed by atoms with E-state index in [1.165, 1.54) is 0 Å². The molecule has 8 nitrogen and oxygen atoms in total. The molecular formula is C20H24N6O2. The smallest absolute Gasteiger partial charge is 0.254 e. The van der Waals surface area contributed by atoms with Gasteiger partial charge in [-0.05, 0) is 25.2 Å². The fraction of sp³-hybridized carbons (Fsp3) is 0.350. The Bertz CT molecular complexity index is 978. The van der Waals surface area contributed by atoms with Crippen molar-refractivity contribution in [2.24, 2.45) is 0 Å². The zero-order valence-electron chi connectivity index (χ0n) is 16.1. The molecule has 1 saturated heterocycles. The van der Waals surface area contributed by atoms with Crippen LogP contribution >= 0.6 is 0 Å². The van der Waals surface area contributed by atoms with Crippen molar-refractivity contribution in [2.45, 2.75) is 6.54 Å². The lowest BCUT2D eigenvalue weighted by atomic mass is 10.1. The summed E-state index contributed by atoms with van der Waals surface area (Å²) >= 11 is 0. The Morgan fingerprint density at radius 2 is 2.00 bits per heavy atom. The number of likely N-dealkylation sites (N-methyl/N-ethyl adjacent to an activating group) is 1. The molecular weight excluding hydrogens is 356 g/mol. The van der Waals surface area contributed by atoms with Crippen LogP contribution < -0.4 is 10.1 Å². The summed E-state index contributed by atoms with van der Waals surface area (Å²) < 4.78 is 5.47. The molecule has 1 aliphatic rings. The molecule has 1 amide bonds. The Balaban J connectivity index is 1.52. The second-order valence-electron chi connectivity index (χ2n) is 6.93. The van der Waals surface area contributed by atoms with Gasteiger partial charge in [0.15, 0.2) is 5.65 Å². The van der Waals surface area contributed by atoms with Gasteiger partial charge in [-0.2, -0.15) is 0 Å². The number of anilines is 1. The summed E-state index contributed by atoms with van der Waals surface area (Å²) in [7, 11) is 3.70. The van der Waals surface area contributed by atoms with Crippen LogP contribution in [0.15, 0.2) is 36.8 Å². The number of aromatic amines is 1. The Hall–Kier alpha value is -3.13. The summed E-state index contributed by atoms with van der Waals surface area (Å²) in [4.78, 5) is 28.8. The van der Waals surface area contributed by atoms with Crippen molar-refractivity contribution in [2.75, 3.05) is 45.7 Å². The van der Waals surface area contributed by atoms with E-state index in [1.54, 1.807) is 19.5 Å². The van der Waals surface area contributed by atoms with Crippen molar-refractivity contribution in [1.29, 1.82) is 0 Å². The van der Waals surface area contributed by atoms with Crippen molar-refractivity contribution in [3.05, 3.63) is 47.9 Å². The lowest BCUT2D eigenvalue weighted by Gasteiger charge is -2.32. The van der Waals surface area contributed by atoms with E-state index in [-0.39, 0.29) is 5.91 Å². The first-order valence-electron chi connectivity index (χ1n) is 9.32. The minimum Gasteiger partial charge on any atom is -0.495 e. The molecule has 2 aromatic heterocycles. The second kappa shape index (κ2) is 7.85. The molecule has 28 heavy (non-hydrogen) atoms. The minimum absolute atomic E-state index is 0.0526. The minimum atomic E-state index is 0.0526. The first-order chi connectivity index (χ1) is 13.7. The molecule has 0 unspecified atom stereocenters. The van der Waals surface area contributed by atoms with Crippen LogP contribution in [0.1, 0.15) is 15.9 Å². The molecule has 4 rings (SSSR count). The van der Waals surface area contributed by atoms with Crippen LogP contribution in [0.25, 0.3) is 11.2 Å². The number of aromatic nitrogens is 3. The van der Waals surface area contributed by atoms with Gasteiger partial charge in [0, 0.05) is 62.4 Å². The van der Waals surface area contributed by atoms with Crippen LogP contribution in [0.2, 0.25) is 0 Å². The second-order valence-corrected chi connectivity index (χ2v) is 6.93. The summed E-state index contributed by atoms with van der Waals surface area (Å²) in [6.07, 6.45) is 5.23. The molecule has 146 valence electrons. The van der Waals surface area contributed by atoms with Crippen molar-refractivity contribution < 1.29 is 9.53 Å². The van der Waals surface area contributed by atoms with Crippen LogP contribution in [0.5, 0.6) is 5.75 Å². The number of amides is 1. The van der Waals surface area contributed by atoms with Crippen molar-refractivity contribution in [3.8, 4) is 5.75 Å². The summed E-state index contributed by atoms with van der Waals surface area (Å²) in [6.45, 7) is 3.83. The summed E-state index contributed by atoms with van der Waals surface area (Å²) in [5.41, 5.74) is 4.03. The van der Waals surface area contributed by atoms with E-state index in [9.17, 15) is 4.79 Å². The Labute approximate surface area is 163 Å². The van der Waals surface area contributed by atoms with Crippen molar-refractivity contribution >= 4 is 22.8 Å². The van der Waals surface area contributed by atoms with Gasteiger partial charge < -0.3 is 24.8 Å². The van der Waals surface area contributed by atoms with Crippen molar-refractivity contribution in [1.82, 2.24) is 24.8 Å². The van der Waals surface area contributed by atoms with Gasteiger partial charge in [-0.15, -0.1) is 0 Å². The highest BCUT2D eigenvalue weighted by Gasteiger charge is 2.21. The standard InChI is InChI=1S/C20H24N6O2/c1-25-7-9-26(10-8-25)20(27)14-3-4-17(28-2)16(11-14)23-12-15-13-24-19-18(15)21-5-6-22-19/h3-6,11,13,23H,7-10,12H2,1-2H3,(H,22,24).